The predicted octanol–water partition coefficient (Wildman–Crippen LogP) is 6.14. The van der Waals surface area contributed by atoms with E-state index in [1.165, 1.54) is 0 Å². The van der Waals surface area contributed by atoms with Crippen molar-refractivity contribution < 1.29 is 8.42 Å². The molecule has 8 nitrogen and oxygen atoms in total. The van der Waals surface area contributed by atoms with Gasteiger partial charge in [-0.05, 0) is 54.2 Å². The maximum absolute atomic E-state index is 12.0. The van der Waals surface area contributed by atoms with E-state index in [9.17, 15) is 18.9 Å². The summed E-state index contributed by atoms with van der Waals surface area (Å²) in [5.41, 5.74) is 2.66. The van der Waals surface area contributed by atoms with E-state index in [4.69, 9.17) is 0 Å². The van der Waals surface area contributed by atoms with Crippen LogP contribution < -0.4 is 9.62 Å². The van der Waals surface area contributed by atoms with Crippen LogP contribution in [0.1, 0.15) is 64.2 Å². The minimum absolute atomic E-state index is 0.158. The molecule has 2 aromatic carbocycles. The lowest BCUT2D eigenvalue weighted by Gasteiger charge is -2.24. The number of nitriles is 2. The number of hydrogen-bond acceptors (Lipinski definition) is 7. The van der Waals surface area contributed by atoms with E-state index in [-0.39, 0.29) is 33.6 Å². The molecule has 9 heteroatoms. The van der Waals surface area contributed by atoms with Crippen LogP contribution in [-0.4, -0.2) is 27.8 Å². The average Bonchev–Trinajstić information content (AvgIpc) is 2.75. The van der Waals surface area contributed by atoms with Crippen molar-refractivity contribution in [3.05, 3.63) is 47.0 Å². The summed E-state index contributed by atoms with van der Waals surface area (Å²) in [4.78, 5) is 2.18. The Hall–Kier alpha value is -3.43. The molecular weight excluding hydrogens is 448 g/mol. The van der Waals surface area contributed by atoms with Crippen molar-refractivity contribution in [1.29, 1.82) is 10.5 Å². The minimum Gasteiger partial charge on any atom is -0.371 e. The van der Waals surface area contributed by atoms with Gasteiger partial charge in [0.25, 0.3) is 0 Å². The van der Waals surface area contributed by atoms with Gasteiger partial charge in [0.1, 0.15) is 23.5 Å². The van der Waals surface area contributed by atoms with Gasteiger partial charge in [0, 0.05) is 18.8 Å². The Labute approximate surface area is 203 Å². The topological polar surface area (TPSA) is 122 Å². The van der Waals surface area contributed by atoms with E-state index in [0.717, 1.165) is 43.4 Å². The molecule has 0 saturated heterocycles. The number of benzene rings is 2. The molecule has 0 aliphatic heterocycles. The summed E-state index contributed by atoms with van der Waals surface area (Å²) < 4.78 is 26.5. The van der Waals surface area contributed by atoms with Gasteiger partial charge < -0.3 is 4.90 Å². The predicted molar refractivity (Wildman–Crippen MR) is 136 cm³/mol. The molecule has 0 unspecified atom stereocenters. The molecule has 0 radical (unpaired) electrons. The van der Waals surface area contributed by atoms with E-state index in [1.54, 1.807) is 24.3 Å². The van der Waals surface area contributed by atoms with Crippen molar-refractivity contribution >= 4 is 32.8 Å². The van der Waals surface area contributed by atoms with Crippen molar-refractivity contribution in [3.8, 4) is 12.1 Å². The second kappa shape index (κ2) is 11.1. The number of anilines is 2. The summed E-state index contributed by atoms with van der Waals surface area (Å²) in [6.45, 7) is 11.8. The van der Waals surface area contributed by atoms with Crippen molar-refractivity contribution in [2.75, 3.05) is 29.0 Å². The number of azo groups is 1. The van der Waals surface area contributed by atoms with Crippen LogP contribution in [0.15, 0.2) is 40.6 Å². The molecule has 0 amide bonds. The maximum atomic E-state index is 12.0. The number of nitrogens with one attached hydrogen (secondary N) is 1. The summed E-state index contributed by atoms with van der Waals surface area (Å²) in [7, 11) is -3.57. The van der Waals surface area contributed by atoms with Gasteiger partial charge in [-0.25, -0.2) is 8.42 Å². The fourth-order valence-electron chi connectivity index (χ4n) is 3.45. The largest absolute Gasteiger partial charge is 0.371 e. The number of sulfonamides is 1. The van der Waals surface area contributed by atoms with Crippen LogP contribution >= 0.6 is 0 Å². The molecule has 0 bridgehead atoms. The highest BCUT2D eigenvalue weighted by Gasteiger charge is 2.19. The molecule has 0 saturated carbocycles. The Bertz CT molecular complexity index is 1210. The monoisotopic (exact) mass is 480 g/mol. The van der Waals surface area contributed by atoms with Gasteiger partial charge in [-0.3, -0.25) is 4.72 Å². The zero-order chi connectivity index (χ0) is 25.5. The summed E-state index contributed by atoms with van der Waals surface area (Å²) in [5, 5.41) is 27.8. The van der Waals surface area contributed by atoms with Crippen molar-refractivity contribution in [2.24, 2.45) is 10.2 Å². The molecule has 0 aromatic heterocycles. The molecule has 0 atom stereocenters. The zero-order valence-electron chi connectivity index (χ0n) is 20.7. The van der Waals surface area contributed by atoms with Crippen molar-refractivity contribution in [1.82, 2.24) is 0 Å². The van der Waals surface area contributed by atoms with Crippen LogP contribution in [0.3, 0.4) is 0 Å². The molecule has 0 heterocycles. The molecule has 0 fully saturated rings. The van der Waals surface area contributed by atoms with E-state index in [2.05, 4.69) is 45.8 Å². The lowest BCUT2D eigenvalue weighted by molar-refractivity contribution is 0.590. The highest BCUT2D eigenvalue weighted by Crippen LogP contribution is 2.35. The van der Waals surface area contributed by atoms with Crippen LogP contribution in [-0.2, 0) is 15.4 Å². The second-order valence-electron chi connectivity index (χ2n) is 9.16. The number of rotatable bonds is 9. The Morgan fingerprint density at radius 1 is 0.971 bits per heavy atom. The summed E-state index contributed by atoms with van der Waals surface area (Å²) in [6, 6.07) is 12.9. The van der Waals surface area contributed by atoms with Gasteiger partial charge in [-0.15, -0.1) is 10.2 Å². The third-order valence-electron chi connectivity index (χ3n) is 5.10. The Kier molecular flexibility index (Phi) is 8.78. The first-order valence-electron chi connectivity index (χ1n) is 11.2. The fourth-order valence-corrected chi connectivity index (χ4v) is 4.01. The first-order chi connectivity index (χ1) is 15.9. The summed E-state index contributed by atoms with van der Waals surface area (Å²) in [6.07, 6.45) is 2.98. The van der Waals surface area contributed by atoms with Crippen molar-refractivity contribution in [2.45, 2.75) is 52.9 Å². The van der Waals surface area contributed by atoms with Crippen molar-refractivity contribution in [3.63, 3.8) is 0 Å². The highest BCUT2D eigenvalue weighted by molar-refractivity contribution is 7.92. The van der Waals surface area contributed by atoms with Gasteiger partial charge in [0.15, 0.2) is 0 Å². The molecule has 180 valence electrons. The van der Waals surface area contributed by atoms with Crippen LogP contribution in [0.2, 0.25) is 0 Å². The SMILES string of the molecule is CCCN(CCC)c1ccc(N=Nc2c(C#N)cc(C(C)(C)C)cc2C#N)c(NS(C)(=O)=O)c1. The molecule has 1 N–H and O–H groups in total. The van der Waals surface area contributed by atoms with Gasteiger partial charge in [-0.1, -0.05) is 34.6 Å². The fraction of sp³-hybridized carbons (Fsp3) is 0.440. The van der Waals surface area contributed by atoms with E-state index < -0.39 is 10.0 Å². The van der Waals surface area contributed by atoms with E-state index in [0.29, 0.717) is 0 Å². The Morgan fingerprint density at radius 2 is 1.53 bits per heavy atom. The molecule has 2 rings (SSSR count). The lowest BCUT2D eigenvalue weighted by atomic mass is 9.84. The lowest BCUT2D eigenvalue weighted by Crippen LogP contribution is -2.25. The molecule has 0 spiro atoms. The Balaban J connectivity index is 2.61. The number of nitrogens with zero attached hydrogens (tertiary/aromatic N) is 5. The average molecular weight is 481 g/mol. The zero-order valence-corrected chi connectivity index (χ0v) is 21.5. The molecule has 2 aromatic rings. The summed E-state index contributed by atoms with van der Waals surface area (Å²) >= 11 is 0. The van der Waals surface area contributed by atoms with Crippen LogP contribution in [0.25, 0.3) is 0 Å². The van der Waals surface area contributed by atoms with Crippen LogP contribution in [0.5, 0.6) is 0 Å². The maximum Gasteiger partial charge on any atom is 0.229 e. The van der Waals surface area contributed by atoms with Crippen LogP contribution in [0, 0.1) is 22.7 Å². The van der Waals surface area contributed by atoms with E-state index >= 15 is 0 Å². The smallest absolute Gasteiger partial charge is 0.229 e. The molecule has 0 aliphatic rings. The third-order valence-corrected chi connectivity index (χ3v) is 5.69. The van der Waals surface area contributed by atoms with Gasteiger partial charge in [0.05, 0.1) is 23.1 Å². The third kappa shape index (κ3) is 7.03. The van der Waals surface area contributed by atoms with Gasteiger partial charge in [-0.2, -0.15) is 10.5 Å². The van der Waals surface area contributed by atoms with Gasteiger partial charge in [0.2, 0.25) is 10.0 Å². The summed E-state index contributed by atoms with van der Waals surface area (Å²) in [5.74, 6) is 0. The highest BCUT2D eigenvalue weighted by atomic mass is 32.2. The second-order valence-corrected chi connectivity index (χ2v) is 10.9. The standard InChI is InChI=1S/C25H32N6O2S/c1-7-11-31(12-8-2)21-9-10-22(23(15-21)30-34(6,32)33)28-29-24-18(16-26)13-20(25(3,4)5)14-19(24)17-27/h9-10,13-15,30H,7-8,11-12H2,1-6H3. The van der Waals surface area contributed by atoms with Gasteiger partial charge >= 0.3 is 0 Å². The molecule has 0 aliphatic carbocycles. The molecule has 34 heavy (non-hydrogen) atoms. The first-order valence-corrected chi connectivity index (χ1v) is 13.1. The first kappa shape index (κ1) is 26.8. The van der Waals surface area contributed by atoms with Crippen LogP contribution in [0.4, 0.5) is 22.7 Å². The quantitative estimate of drug-likeness (QED) is 0.432. The normalized spacial score (nSPS) is 11.8. The van der Waals surface area contributed by atoms with E-state index in [1.807, 2.05) is 26.8 Å². The number of hydrogen-bond donors (Lipinski definition) is 1. The molecular formula is C25H32N6O2S. The minimum atomic E-state index is -3.57. The Morgan fingerprint density at radius 3 is 1.97 bits per heavy atom.